The van der Waals surface area contributed by atoms with Crippen LogP contribution in [0.25, 0.3) is 0 Å². The highest BCUT2D eigenvalue weighted by Crippen LogP contribution is 2.25. The molecule has 2 amide bonds. The molecule has 0 spiro atoms. The third kappa shape index (κ3) is 6.72. The van der Waals surface area contributed by atoms with Crippen LogP contribution in [0.4, 0.5) is 5.69 Å². The molecular weight excluding hydrogens is 396 g/mol. The Morgan fingerprint density at radius 2 is 1.80 bits per heavy atom. The molecule has 154 valence electrons. The molecule has 0 radical (unpaired) electrons. The summed E-state index contributed by atoms with van der Waals surface area (Å²) in [4.78, 5) is 31.5. The van der Waals surface area contributed by atoms with Gasteiger partial charge in [-0.2, -0.15) is 0 Å². The van der Waals surface area contributed by atoms with Gasteiger partial charge >= 0.3 is 0 Å². The van der Waals surface area contributed by atoms with Gasteiger partial charge in [0.1, 0.15) is 5.03 Å². The number of nitrogens with one attached hydrogen (secondary N) is 2. The third-order valence-corrected chi connectivity index (χ3v) is 5.06. The molecule has 0 fully saturated rings. The van der Waals surface area contributed by atoms with Crippen molar-refractivity contribution in [2.75, 3.05) is 26.0 Å². The van der Waals surface area contributed by atoms with Crippen LogP contribution in [0.2, 0.25) is 0 Å². The number of rotatable bonds is 8. The average molecular weight is 421 g/mol. The highest BCUT2D eigenvalue weighted by atomic mass is 32.2. The fraction of sp³-hybridized carbons (Fsp3) is 0.174. The van der Waals surface area contributed by atoms with E-state index in [0.29, 0.717) is 24.3 Å². The molecule has 2 aromatic carbocycles. The number of likely N-dealkylation sites (N-methyl/N-ethyl adjacent to an activating group) is 1. The lowest BCUT2D eigenvalue weighted by molar-refractivity contribution is -0.116. The van der Waals surface area contributed by atoms with E-state index in [1.165, 1.54) is 0 Å². The summed E-state index contributed by atoms with van der Waals surface area (Å²) in [5.74, 6) is -0.226. The van der Waals surface area contributed by atoms with E-state index >= 15 is 0 Å². The lowest BCUT2D eigenvalue weighted by atomic mass is 10.1. The second kappa shape index (κ2) is 10.6. The number of carbonyl (C=O) groups is 2. The number of amides is 2. The summed E-state index contributed by atoms with van der Waals surface area (Å²) in [7, 11) is 3.69. The van der Waals surface area contributed by atoms with Crippen molar-refractivity contribution >= 4 is 29.3 Å². The van der Waals surface area contributed by atoms with Crippen LogP contribution < -0.4 is 10.6 Å². The molecule has 1 heterocycles. The molecule has 0 saturated heterocycles. The average Bonchev–Trinajstić information content (AvgIpc) is 2.73. The van der Waals surface area contributed by atoms with Crippen molar-refractivity contribution in [2.24, 2.45) is 0 Å². The molecule has 1 aromatic heterocycles. The molecule has 0 aliphatic heterocycles. The Balaban J connectivity index is 1.54. The molecule has 0 unspecified atom stereocenters. The third-order valence-electron chi connectivity index (χ3n) is 4.10. The van der Waals surface area contributed by atoms with Crippen molar-refractivity contribution in [1.29, 1.82) is 0 Å². The Labute approximate surface area is 180 Å². The van der Waals surface area contributed by atoms with Gasteiger partial charge in [0.15, 0.2) is 0 Å². The second-order valence-electron chi connectivity index (χ2n) is 6.96. The summed E-state index contributed by atoms with van der Waals surface area (Å²) in [6.45, 7) is 0.691. The van der Waals surface area contributed by atoms with E-state index in [9.17, 15) is 9.59 Å². The summed E-state index contributed by atoms with van der Waals surface area (Å²) in [6.07, 6.45) is 1.76. The van der Waals surface area contributed by atoms with Crippen molar-refractivity contribution in [3.63, 3.8) is 0 Å². The Hall–Kier alpha value is -3.16. The van der Waals surface area contributed by atoms with Gasteiger partial charge in [0.25, 0.3) is 5.91 Å². The molecule has 0 bridgehead atoms. The van der Waals surface area contributed by atoms with E-state index in [-0.39, 0.29) is 11.8 Å². The monoisotopic (exact) mass is 420 g/mol. The van der Waals surface area contributed by atoms with Crippen LogP contribution in [-0.4, -0.2) is 42.3 Å². The van der Waals surface area contributed by atoms with Crippen LogP contribution in [-0.2, 0) is 11.3 Å². The number of hydrogen-bond acceptors (Lipinski definition) is 5. The zero-order valence-corrected chi connectivity index (χ0v) is 17.8. The second-order valence-corrected chi connectivity index (χ2v) is 8.06. The van der Waals surface area contributed by atoms with E-state index in [0.717, 1.165) is 15.5 Å². The maximum atomic E-state index is 12.5. The number of pyridine rings is 1. The van der Waals surface area contributed by atoms with Gasteiger partial charge in [-0.15, -0.1) is 0 Å². The van der Waals surface area contributed by atoms with Gasteiger partial charge in [-0.1, -0.05) is 30.0 Å². The van der Waals surface area contributed by atoms with Crippen molar-refractivity contribution in [3.8, 4) is 0 Å². The lowest BCUT2D eigenvalue weighted by Crippen LogP contribution is -2.27. The molecule has 2 N–H and O–H groups in total. The molecule has 6 nitrogen and oxygen atoms in total. The number of hydrogen-bond donors (Lipinski definition) is 2. The number of benzene rings is 2. The standard InChI is InChI=1S/C23H24N4O2S/c1-27(2)16-21(28)26-19-7-5-6-17(14-19)15-25-23(29)18-9-11-20(12-10-18)30-22-8-3-4-13-24-22/h3-14H,15-16H2,1-2H3,(H,25,29)(H,26,28). The lowest BCUT2D eigenvalue weighted by Gasteiger charge is -2.11. The highest BCUT2D eigenvalue weighted by molar-refractivity contribution is 7.99. The zero-order valence-electron chi connectivity index (χ0n) is 17.0. The summed E-state index contributed by atoms with van der Waals surface area (Å²) >= 11 is 1.55. The number of anilines is 1. The first-order chi connectivity index (χ1) is 14.5. The first-order valence-corrected chi connectivity index (χ1v) is 10.3. The highest BCUT2D eigenvalue weighted by Gasteiger charge is 2.08. The van der Waals surface area contributed by atoms with Gasteiger partial charge in [-0.25, -0.2) is 4.98 Å². The van der Waals surface area contributed by atoms with Gasteiger partial charge < -0.3 is 15.5 Å². The van der Waals surface area contributed by atoms with Crippen LogP contribution in [0.5, 0.6) is 0 Å². The van der Waals surface area contributed by atoms with Gasteiger partial charge in [0, 0.05) is 28.9 Å². The van der Waals surface area contributed by atoms with Crippen molar-refractivity contribution in [1.82, 2.24) is 15.2 Å². The van der Waals surface area contributed by atoms with Crippen molar-refractivity contribution in [2.45, 2.75) is 16.5 Å². The normalized spacial score (nSPS) is 10.6. The minimum atomic E-state index is -0.147. The summed E-state index contributed by atoms with van der Waals surface area (Å²) in [5, 5.41) is 6.69. The molecule has 30 heavy (non-hydrogen) atoms. The van der Waals surface area contributed by atoms with Gasteiger partial charge in [0.05, 0.1) is 6.54 Å². The Bertz CT molecular complexity index is 992. The molecule has 0 aliphatic carbocycles. The van der Waals surface area contributed by atoms with Crippen LogP contribution in [0.3, 0.4) is 0 Å². The number of carbonyl (C=O) groups excluding carboxylic acids is 2. The molecule has 7 heteroatoms. The number of aromatic nitrogens is 1. The maximum Gasteiger partial charge on any atom is 0.251 e. The first-order valence-electron chi connectivity index (χ1n) is 9.50. The van der Waals surface area contributed by atoms with Gasteiger partial charge in [-0.3, -0.25) is 9.59 Å². The van der Waals surface area contributed by atoms with E-state index in [4.69, 9.17) is 0 Å². The van der Waals surface area contributed by atoms with Crippen LogP contribution >= 0.6 is 11.8 Å². The Kier molecular flexibility index (Phi) is 7.59. The topological polar surface area (TPSA) is 74.3 Å². The Morgan fingerprint density at radius 1 is 1.00 bits per heavy atom. The zero-order chi connectivity index (χ0) is 21.3. The SMILES string of the molecule is CN(C)CC(=O)Nc1cccc(CNC(=O)c2ccc(Sc3ccccn3)cc2)c1. The minimum absolute atomic E-state index is 0.0788. The minimum Gasteiger partial charge on any atom is -0.348 e. The molecule has 0 saturated carbocycles. The predicted octanol–water partition coefficient (Wildman–Crippen LogP) is 3.66. The van der Waals surface area contributed by atoms with E-state index in [2.05, 4.69) is 15.6 Å². The van der Waals surface area contributed by atoms with Crippen LogP contribution in [0.1, 0.15) is 15.9 Å². The molecule has 0 atom stereocenters. The predicted molar refractivity (Wildman–Crippen MR) is 120 cm³/mol. The summed E-state index contributed by atoms with van der Waals surface area (Å²) in [6, 6.07) is 20.7. The van der Waals surface area contributed by atoms with Gasteiger partial charge in [0.2, 0.25) is 5.91 Å². The fourth-order valence-corrected chi connectivity index (χ4v) is 3.51. The largest absolute Gasteiger partial charge is 0.348 e. The van der Waals surface area contributed by atoms with E-state index in [1.807, 2.05) is 68.7 Å². The molecule has 3 rings (SSSR count). The van der Waals surface area contributed by atoms with Crippen molar-refractivity contribution < 1.29 is 9.59 Å². The number of nitrogens with zero attached hydrogens (tertiary/aromatic N) is 2. The Morgan fingerprint density at radius 3 is 2.50 bits per heavy atom. The van der Waals surface area contributed by atoms with E-state index < -0.39 is 0 Å². The van der Waals surface area contributed by atoms with Gasteiger partial charge in [-0.05, 0) is 68.2 Å². The summed E-state index contributed by atoms with van der Waals surface area (Å²) in [5.41, 5.74) is 2.22. The first kappa shape index (κ1) is 21.5. The molecular formula is C23H24N4O2S. The van der Waals surface area contributed by atoms with Crippen LogP contribution in [0, 0.1) is 0 Å². The van der Waals surface area contributed by atoms with Crippen molar-refractivity contribution in [3.05, 3.63) is 84.1 Å². The van der Waals surface area contributed by atoms with E-state index in [1.54, 1.807) is 35.0 Å². The maximum absolute atomic E-state index is 12.5. The van der Waals surface area contributed by atoms with Crippen LogP contribution in [0.15, 0.2) is 82.8 Å². The summed E-state index contributed by atoms with van der Waals surface area (Å²) < 4.78 is 0. The smallest absolute Gasteiger partial charge is 0.251 e. The molecule has 0 aliphatic rings. The molecule has 3 aromatic rings. The fourth-order valence-electron chi connectivity index (χ4n) is 2.73. The quantitative estimate of drug-likeness (QED) is 0.582.